The number of hydrogen-bond acceptors (Lipinski definition) is 2. The Balaban J connectivity index is 0.000000208. The Labute approximate surface area is 196 Å². The molecule has 0 spiro atoms. The molecule has 186 valence electrons. The average Bonchev–Trinajstić information content (AvgIpc) is 3.39. The molecule has 2 nitrogen and oxygen atoms in total. The van der Waals surface area contributed by atoms with Gasteiger partial charge in [0.05, 0.1) is 12.2 Å². The maximum atomic E-state index is 9.00. The van der Waals surface area contributed by atoms with Crippen LogP contribution in [0.15, 0.2) is 0 Å². The molecule has 4 aliphatic carbocycles. The second-order valence-electron chi connectivity index (χ2n) is 11.8. The standard InChI is InChI=1S/C8H16O.C8H16.C7H14.C6H12O/c1-3-9-8-6-4-5-7(8)2;1-6(2)8-4-7(3)5-8;1-6-4-3-5-7(6)2;1-5-3-2-4-6(5)7/h7-8H,3-6H2,1-2H3;6-8H,4-5H2,1-3H3;6-7H,3-5H2,1-2H3;5-7H,2-4H2,1H3. The second-order valence-corrected chi connectivity index (χ2v) is 11.8. The van der Waals surface area contributed by atoms with E-state index in [9.17, 15) is 0 Å². The van der Waals surface area contributed by atoms with Crippen LogP contribution in [0.2, 0.25) is 0 Å². The van der Waals surface area contributed by atoms with Crippen molar-refractivity contribution < 1.29 is 9.84 Å². The molecule has 0 bridgehead atoms. The van der Waals surface area contributed by atoms with Crippen molar-refractivity contribution in [2.24, 2.45) is 41.4 Å². The van der Waals surface area contributed by atoms with Gasteiger partial charge in [0.15, 0.2) is 0 Å². The first-order valence-electron chi connectivity index (χ1n) is 13.9. The van der Waals surface area contributed by atoms with Gasteiger partial charge in [-0.3, -0.25) is 0 Å². The Morgan fingerprint density at radius 3 is 1.42 bits per heavy atom. The molecule has 0 aromatic heterocycles. The highest BCUT2D eigenvalue weighted by Gasteiger charge is 2.27. The maximum absolute atomic E-state index is 9.00. The molecular weight excluding hydrogens is 380 g/mol. The summed E-state index contributed by atoms with van der Waals surface area (Å²) in [6.07, 6.45) is 15.5. The third-order valence-corrected chi connectivity index (χ3v) is 8.62. The van der Waals surface area contributed by atoms with E-state index in [1.807, 2.05) is 0 Å². The van der Waals surface area contributed by atoms with Gasteiger partial charge in [0.2, 0.25) is 0 Å². The highest BCUT2D eigenvalue weighted by Crippen LogP contribution is 2.37. The Hall–Kier alpha value is -0.0800. The fourth-order valence-corrected chi connectivity index (χ4v) is 5.54. The van der Waals surface area contributed by atoms with E-state index < -0.39 is 0 Å². The fourth-order valence-electron chi connectivity index (χ4n) is 5.54. The summed E-state index contributed by atoms with van der Waals surface area (Å²) in [7, 11) is 0. The van der Waals surface area contributed by atoms with E-state index >= 15 is 0 Å². The van der Waals surface area contributed by atoms with Gasteiger partial charge < -0.3 is 9.84 Å². The van der Waals surface area contributed by atoms with Crippen LogP contribution >= 0.6 is 0 Å². The molecule has 0 aromatic carbocycles. The van der Waals surface area contributed by atoms with Gasteiger partial charge in [0.1, 0.15) is 0 Å². The fraction of sp³-hybridized carbons (Fsp3) is 1.00. The lowest BCUT2D eigenvalue weighted by Crippen LogP contribution is -2.25. The van der Waals surface area contributed by atoms with Crippen LogP contribution in [-0.4, -0.2) is 23.9 Å². The van der Waals surface area contributed by atoms with Crippen LogP contribution < -0.4 is 0 Å². The molecule has 6 unspecified atom stereocenters. The zero-order valence-electron chi connectivity index (χ0n) is 22.5. The summed E-state index contributed by atoms with van der Waals surface area (Å²) in [6.45, 7) is 19.1. The summed E-state index contributed by atoms with van der Waals surface area (Å²) in [4.78, 5) is 0. The van der Waals surface area contributed by atoms with Crippen molar-refractivity contribution in [3.63, 3.8) is 0 Å². The summed E-state index contributed by atoms with van der Waals surface area (Å²) in [5.74, 6) is 6.43. The topological polar surface area (TPSA) is 29.5 Å². The smallest absolute Gasteiger partial charge is 0.0600 e. The van der Waals surface area contributed by atoms with Crippen LogP contribution in [-0.2, 0) is 4.74 Å². The van der Waals surface area contributed by atoms with Crippen molar-refractivity contribution in [3.8, 4) is 0 Å². The molecule has 0 aliphatic heterocycles. The molecule has 4 fully saturated rings. The van der Waals surface area contributed by atoms with Crippen LogP contribution in [0, 0.1) is 41.4 Å². The van der Waals surface area contributed by atoms with Crippen LogP contribution in [0.25, 0.3) is 0 Å². The molecule has 4 rings (SSSR count). The Kier molecular flexibility index (Phi) is 14.7. The first kappa shape index (κ1) is 29.0. The number of hydrogen-bond donors (Lipinski definition) is 1. The van der Waals surface area contributed by atoms with Gasteiger partial charge in [-0.05, 0) is 86.9 Å². The SMILES string of the molecule is CC1CC(C(C)C)C1.CC1CCCC1C.CC1CCCC1O.CCOC1CCCC1C. The first-order valence-corrected chi connectivity index (χ1v) is 13.9. The monoisotopic (exact) mass is 438 g/mol. The number of ether oxygens (including phenoxy) is 1. The van der Waals surface area contributed by atoms with Gasteiger partial charge >= 0.3 is 0 Å². The summed E-state index contributed by atoms with van der Waals surface area (Å²) >= 11 is 0. The van der Waals surface area contributed by atoms with E-state index in [1.165, 1.54) is 64.2 Å². The predicted molar refractivity (Wildman–Crippen MR) is 136 cm³/mol. The second kappa shape index (κ2) is 15.7. The van der Waals surface area contributed by atoms with E-state index in [-0.39, 0.29) is 6.10 Å². The minimum atomic E-state index is 0.0139. The molecule has 4 aliphatic rings. The van der Waals surface area contributed by atoms with Gasteiger partial charge in [-0.15, -0.1) is 0 Å². The minimum absolute atomic E-state index is 0.0139. The third kappa shape index (κ3) is 11.6. The zero-order chi connectivity index (χ0) is 23.4. The van der Waals surface area contributed by atoms with E-state index in [4.69, 9.17) is 9.84 Å². The summed E-state index contributed by atoms with van der Waals surface area (Å²) in [5, 5.41) is 9.00. The van der Waals surface area contributed by atoms with Crippen molar-refractivity contribution in [2.45, 2.75) is 138 Å². The first-order chi connectivity index (χ1) is 14.6. The summed E-state index contributed by atoms with van der Waals surface area (Å²) in [5.41, 5.74) is 0. The molecule has 2 heteroatoms. The Morgan fingerprint density at radius 2 is 1.19 bits per heavy atom. The van der Waals surface area contributed by atoms with Gasteiger partial charge in [-0.2, -0.15) is 0 Å². The minimum Gasteiger partial charge on any atom is -0.393 e. The van der Waals surface area contributed by atoms with E-state index in [0.29, 0.717) is 12.0 Å². The summed E-state index contributed by atoms with van der Waals surface area (Å²) < 4.78 is 5.52. The lowest BCUT2D eigenvalue weighted by molar-refractivity contribution is 0.0414. The average molecular weight is 439 g/mol. The molecule has 1 N–H and O–H groups in total. The normalized spacial score (nSPS) is 38.9. The van der Waals surface area contributed by atoms with Crippen molar-refractivity contribution in [3.05, 3.63) is 0 Å². The molecule has 6 atom stereocenters. The third-order valence-electron chi connectivity index (χ3n) is 8.62. The molecule has 0 saturated heterocycles. The van der Waals surface area contributed by atoms with Crippen molar-refractivity contribution in [1.82, 2.24) is 0 Å². The Morgan fingerprint density at radius 1 is 0.710 bits per heavy atom. The summed E-state index contributed by atoms with van der Waals surface area (Å²) in [6, 6.07) is 0. The van der Waals surface area contributed by atoms with Gasteiger partial charge in [-0.1, -0.05) is 80.6 Å². The molecule has 31 heavy (non-hydrogen) atoms. The molecule has 4 saturated carbocycles. The van der Waals surface area contributed by atoms with Crippen molar-refractivity contribution in [1.29, 1.82) is 0 Å². The number of rotatable bonds is 3. The molecule has 0 aromatic rings. The van der Waals surface area contributed by atoms with E-state index in [2.05, 4.69) is 55.4 Å². The molecule has 0 amide bonds. The largest absolute Gasteiger partial charge is 0.393 e. The highest BCUT2D eigenvalue weighted by atomic mass is 16.5. The lowest BCUT2D eigenvalue weighted by Gasteiger charge is -2.35. The van der Waals surface area contributed by atoms with Crippen LogP contribution in [0.1, 0.15) is 126 Å². The Bertz CT molecular complexity index is 394. The van der Waals surface area contributed by atoms with Crippen LogP contribution in [0.5, 0.6) is 0 Å². The predicted octanol–water partition coefficient (Wildman–Crippen LogP) is 8.51. The molecular formula is C29H58O2. The molecule has 0 radical (unpaired) electrons. The van der Waals surface area contributed by atoms with Crippen LogP contribution in [0.3, 0.4) is 0 Å². The lowest BCUT2D eigenvalue weighted by atomic mass is 9.71. The van der Waals surface area contributed by atoms with Gasteiger partial charge in [-0.25, -0.2) is 0 Å². The highest BCUT2D eigenvalue weighted by molar-refractivity contribution is 4.78. The van der Waals surface area contributed by atoms with Crippen molar-refractivity contribution in [2.75, 3.05) is 6.61 Å². The van der Waals surface area contributed by atoms with Gasteiger partial charge in [0, 0.05) is 6.61 Å². The van der Waals surface area contributed by atoms with Crippen molar-refractivity contribution >= 4 is 0 Å². The number of aliphatic hydroxyl groups excluding tert-OH is 1. The maximum Gasteiger partial charge on any atom is 0.0600 e. The van der Waals surface area contributed by atoms with E-state index in [1.54, 1.807) is 0 Å². The zero-order valence-corrected chi connectivity index (χ0v) is 22.5. The van der Waals surface area contributed by atoms with E-state index in [0.717, 1.165) is 48.5 Å². The quantitative estimate of drug-likeness (QED) is 0.478. The number of aliphatic hydroxyl groups is 1. The molecule has 0 heterocycles. The van der Waals surface area contributed by atoms with Gasteiger partial charge in [0.25, 0.3) is 0 Å². The van der Waals surface area contributed by atoms with Crippen LogP contribution in [0.4, 0.5) is 0 Å².